The van der Waals surface area contributed by atoms with Crippen molar-refractivity contribution in [2.45, 2.75) is 26.7 Å². The number of rotatable bonds is 3. The first-order chi connectivity index (χ1) is 13.0. The molecule has 0 aliphatic carbocycles. The average Bonchev–Trinajstić information content (AvgIpc) is 3.31. The van der Waals surface area contributed by atoms with Gasteiger partial charge in [-0.2, -0.15) is 0 Å². The summed E-state index contributed by atoms with van der Waals surface area (Å²) in [7, 11) is 0. The Kier molecular flexibility index (Phi) is 4.70. The van der Waals surface area contributed by atoms with E-state index >= 15 is 0 Å². The van der Waals surface area contributed by atoms with Crippen LogP contribution in [0.15, 0.2) is 35.1 Å². The molecule has 1 N–H and O–H groups in total. The fourth-order valence-electron chi connectivity index (χ4n) is 3.55. The zero-order valence-corrected chi connectivity index (χ0v) is 16.1. The van der Waals surface area contributed by atoms with Gasteiger partial charge in [0, 0.05) is 19.0 Å². The normalized spacial score (nSPS) is 15.3. The van der Waals surface area contributed by atoms with Gasteiger partial charge >= 0.3 is 0 Å². The zero-order chi connectivity index (χ0) is 19.0. The molecule has 3 aromatic rings. The minimum absolute atomic E-state index is 0.0150. The predicted molar refractivity (Wildman–Crippen MR) is 105 cm³/mol. The Balaban J connectivity index is 1.38. The SMILES string of the molecule is Cc1cc(C)c2nc(NC(=O)C3CCN(C(=O)c4ccoc4)CC3)sc2c1. The van der Waals surface area contributed by atoms with Crippen molar-refractivity contribution in [3.05, 3.63) is 47.4 Å². The van der Waals surface area contributed by atoms with Gasteiger partial charge in [0.2, 0.25) is 5.91 Å². The second-order valence-electron chi connectivity index (χ2n) is 7.02. The molecule has 27 heavy (non-hydrogen) atoms. The minimum Gasteiger partial charge on any atom is -0.472 e. The van der Waals surface area contributed by atoms with E-state index in [-0.39, 0.29) is 17.7 Å². The van der Waals surface area contributed by atoms with Gasteiger partial charge in [-0.1, -0.05) is 17.4 Å². The van der Waals surface area contributed by atoms with Crippen LogP contribution in [0.4, 0.5) is 5.13 Å². The van der Waals surface area contributed by atoms with Crippen LogP contribution in [0.3, 0.4) is 0 Å². The number of likely N-dealkylation sites (tertiary alicyclic amines) is 1. The highest BCUT2D eigenvalue weighted by Crippen LogP contribution is 2.30. The van der Waals surface area contributed by atoms with Crippen molar-refractivity contribution in [2.75, 3.05) is 18.4 Å². The van der Waals surface area contributed by atoms with Crippen molar-refractivity contribution in [3.63, 3.8) is 0 Å². The molecule has 1 aromatic carbocycles. The van der Waals surface area contributed by atoms with Crippen LogP contribution in [0, 0.1) is 19.8 Å². The van der Waals surface area contributed by atoms with Crippen molar-refractivity contribution in [1.29, 1.82) is 0 Å². The molecule has 1 saturated heterocycles. The second kappa shape index (κ2) is 7.15. The Hall–Kier alpha value is -2.67. The molecule has 4 rings (SSSR count). The first-order valence-electron chi connectivity index (χ1n) is 9.01. The predicted octanol–water partition coefficient (Wildman–Crippen LogP) is 4.00. The van der Waals surface area contributed by atoms with Gasteiger partial charge in [0.15, 0.2) is 5.13 Å². The van der Waals surface area contributed by atoms with E-state index < -0.39 is 0 Å². The van der Waals surface area contributed by atoms with Gasteiger partial charge < -0.3 is 14.6 Å². The van der Waals surface area contributed by atoms with Crippen molar-refractivity contribution in [3.8, 4) is 0 Å². The molecule has 6 nitrogen and oxygen atoms in total. The molecule has 3 heterocycles. The lowest BCUT2D eigenvalue weighted by Gasteiger charge is -2.30. The standard InChI is InChI=1S/C20H21N3O3S/c1-12-9-13(2)17-16(10-12)27-20(21-17)22-18(24)14-3-6-23(7-4-14)19(25)15-5-8-26-11-15/h5,8-11,14H,3-4,6-7H2,1-2H3,(H,21,22,24). The van der Waals surface area contributed by atoms with E-state index in [9.17, 15) is 9.59 Å². The maximum atomic E-state index is 12.6. The van der Waals surface area contributed by atoms with Gasteiger partial charge in [-0.25, -0.2) is 4.98 Å². The molecule has 0 atom stereocenters. The van der Waals surface area contributed by atoms with E-state index in [0.717, 1.165) is 15.8 Å². The number of benzene rings is 1. The monoisotopic (exact) mass is 383 g/mol. The average molecular weight is 383 g/mol. The Bertz CT molecular complexity index is 985. The maximum absolute atomic E-state index is 12.6. The zero-order valence-electron chi connectivity index (χ0n) is 15.3. The molecule has 0 unspecified atom stereocenters. The molecule has 1 aliphatic rings. The number of carbonyl (C=O) groups is 2. The van der Waals surface area contributed by atoms with E-state index in [4.69, 9.17) is 4.42 Å². The Morgan fingerprint density at radius 2 is 2.04 bits per heavy atom. The van der Waals surface area contributed by atoms with Crippen molar-refractivity contribution >= 4 is 38.5 Å². The largest absolute Gasteiger partial charge is 0.472 e. The van der Waals surface area contributed by atoms with Gasteiger partial charge in [-0.3, -0.25) is 9.59 Å². The summed E-state index contributed by atoms with van der Waals surface area (Å²) in [6.45, 7) is 5.23. The number of hydrogen-bond donors (Lipinski definition) is 1. The summed E-state index contributed by atoms with van der Waals surface area (Å²) in [5.74, 6) is -0.160. The number of piperidine rings is 1. The number of aromatic nitrogens is 1. The molecule has 1 fully saturated rings. The minimum atomic E-state index is -0.103. The lowest BCUT2D eigenvalue weighted by Crippen LogP contribution is -2.41. The van der Waals surface area contributed by atoms with E-state index in [1.165, 1.54) is 29.4 Å². The number of furan rings is 1. The third-order valence-electron chi connectivity index (χ3n) is 4.98. The number of amides is 2. The third kappa shape index (κ3) is 3.60. The molecule has 0 spiro atoms. The smallest absolute Gasteiger partial charge is 0.257 e. The van der Waals surface area contributed by atoms with E-state index in [0.29, 0.717) is 36.6 Å². The molecular formula is C20H21N3O3S. The van der Waals surface area contributed by atoms with Crippen LogP contribution < -0.4 is 5.32 Å². The van der Waals surface area contributed by atoms with Gasteiger partial charge in [0.05, 0.1) is 22.0 Å². The lowest BCUT2D eigenvalue weighted by atomic mass is 9.95. The van der Waals surface area contributed by atoms with E-state index in [1.54, 1.807) is 11.0 Å². The number of nitrogens with one attached hydrogen (secondary N) is 1. The van der Waals surface area contributed by atoms with Gasteiger partial charge in [0.25, 0.3) is 5.91 Å². The van der Waals surface area contributed by atoms with Crippen LogP contribution in [-0.4, -0.2) is 34.8 Å². The molecule has 1 aliphatic heterocycles. The fourth-order valence-corrected chi connectivity index (χ4v) is 4.59. The summed E-state index contributed by atoms with van der Waals surface area (Å²) in [6, 6.07) is 5.86. The number of aryl methyl sites for hydroxylation is 2. The van der Waals surface area contributed by atoms with Crippen LogP contribution in [0.2, 0.25) is 0 Å². The Morgan fingerprint density at radius 1 is 1.26 bits per heavy atom. The van der Waals surface area contributed by atoms with Crippen LogP contribution >= 0.6 is 11.3 Å². The lowest BCUT2D eigenvalue weighted by molar-refractivity contribution is -0.121. The number of carbonyl (C=O) groups excluding carboxylic acids is 2. The summed E-state index contributed by atoms with van der Waals surface area (Å²) in [4.78, 5) is 31.3. The third-order valence-corrected chi connectivity index (χ3v) is 5.90. The maximum Gasteiger partial charge on any atom is 0.257 e. The number of anilines is 1. The fraction of sp³-hybridized carbons (Fsp3) is 0.350. The van der Waals surface area contributed by atoms with Gasteiger partial charge in [-0.15, -0.1) is 0 Å². The number of thiazole rings is 1. The van der Waals surface area contributed by atoms with Gasteiger partial charge in [0.1, 0.15) is 6.26 Å². The van der Waals surface area contributed by atoms with Crippen LogP contribution in [0.5, 0.6) is 0 Å². The molecular weight excluding hydrogens is 362 g/mol. The van der Waals surface area contributed by atoms with Crippen molar-refractivity contribution in [1.82, 2.24) is 9.88 Å². The van der Waals surface area contributed by atoms with E-state index in [2.05, 4.69) is 29.4 Å². The van der Waals surface area contributed by atoms with E-state index in [1.807, 2.05) is 6.92 Å². The quantitative estimate of drug-likeness (QED) is 0.742. The molecule has 2 amide bonds. The molecule has 2 aromatic heterocycles. The highest BCUT2D eigenvalue weighted by molar-refractivity contribution is 7.22. The van der Waals surface area contributed by atoms with Crippen molar-refractivity contribution in [2.24, 2.45) is 5.92 Å². The summed E-state index contributed by atoms with van der Waals surface area (Å²) in [6.07, 6.45) is 4.25. The summed E-state index contributed by atoms with van der Waals surface area (Å²) >= 11 is 1.50. The molecule has 0 bridgehead atoms. The second-order valence-corrected chi connectivity index (χ2v) is 8.05. The Morgan fingerprint density at radius 3 is 2.74 bits per heavy atom. The highest BCUT2D eigenvalue weighted by Gasteiger charge is 2.28. The van der Waals surface area contributed by atoms with Crippen molar-refractivity contribution < 1.29 is 14.0 Å². The number of nitrogens with zero attached hydrogens (tertiary/aromatic N) is 2. The molecule has 0 radical (unpaired) electrons. The number of hydrogen-bond acceptors (Lipinski definition) is 5. The topological polar surface area (TPSA) is 75.4 Å². The first-order valence-corrected chi connectivity index (χ1v) is 9.83. The summed E-state index contributed by atoms with van der Waals surface area (Å²) in [5, 5.41) is 3.61. The van der Waals surface area contributed by atoms with Gasteiger partial charge in [-0.05, 0) is 49.9 Å². The van der Waals surface area contributed by atoms with Crippen LogP contribution in [-0.2, 0) is 4.79 Å². The highest BCUT2D eigenvalue weighted by atomic mass is 32.1. The molecule has 7 heteroatoms. The number of fused-ring (bicyclic) bond motifs is 1. The summed E-state index contributed by atoms with van der Waals surface area (Å²) < 4.78 is 6.06. The summed E-state index contributed by atoms with van der Waals surface area (Å²) in [5.41, 5.74) is 3.81. The molecule has 0 saturated carbocycles. The first kappa shape index (κ1) is 17.7. The van der Waals surface area contributed by atoms with Crippen LogP contribution in [0.1, 0.15) is 34.3 Å². The molecule has 140 valence electrons. The Labute approximate surface area is 161 Å². The van der Waals surface area contributed by atoms with Crippen LogP contribution in [0.25, 0.3) is 10.2 Å².